The van der Waals surface area contributed by atoms with Gasteiger partial charge in [0.15, 0.2) is 5.96 Å². The fourth-order valence-corrected chi connectivity index (χ4v) is 2.89. The number of benzene rings is 1. The van der Waals surface area contributed by atoms with Gasteiger partial charge in [-0.3, -0.25) is 4.99 Å². The molecule has 0 saturated heterocycles. The van der Waals surface area contributed by atoms with Crippen molar-refractivity contribution in [2.75, 3.05) is 31.6 Å². The first-order valence-corrected chi connectivity index (χ1v) is 10.2. The van der Waals surface area contributed by atoms with Crippen LogP contribution in [0.15, 0.2) is 47.6 Å². The molecule has 1 aromatic heterocycles. The van der Waals surface area contributed by atoms with E-state index in [1.165, 1.54) is 0 Å². The molecule has 0 spiro atoms. The van der Waals surface area contributed by atoms with E-state index in [1.807, 2.05) is 30.5 Å². The lowest BCUT2D eigenvalue weighted by Crippen LogP contribution is -2.36. The molecule has 0 saturated carbocycles. The van der Waals surface area contributed by atoms with Gasteiger partial charge in [0.1, 0.15) is 12.4 Å². The number of hydrogen-bond acceptors (Lipinski definition) is 4. The monoisotopic (exact) mass is 565 g/mol. The Bertz CT molecular complexity index is 810. The van der Waals surface area contributed by atoms with Gasteiger partial charge in [-0.1, -0.05) is 30.3 Å². The minimum Gasteiger partial charge on any atom is -0.367 e. The summed E-state index contributed by atoms with van der Waals surface area (Å²) in [7, 11) is 1.69. The molecule has 32 heavy (non-hydrogen) atoms. The average Bonchev–Trinajstić information content (AvgIpc) is 2.76. The molecule has 0 amide bonds. The SMILES string of the molecule is CCN(CC)c1ccc(CNC(=NC)NCc2ccc(COCC(F)(F)F)cc2)cn1.I. The minimum absolute atomic E-state index is 0. The van der Waals surface area contributed by atoms with Gasteiger partial charge in [-0.2, -0.15) is 13.2 Å². The van der Waals surface area contributed by atoms with Crippen LogP contribution in [0.25, 0.3) is 0 Å². The molecular formula is C22H31F3IN5O. The van der Waals surface area contributed by atoms with Gasteiger partial charge in [0.05, 0.1) is 6.61 Å². The van der Waals surface area contributed by atoms with Crippen molar-refractivity contribution < 1.29 is 17.9 Å². The van der Waals surface area contributed by atoms with Crippen molar-refractivity contribution in [1.82, 2.24) is 15.6 Å². The van der Waals surface area contributed by atoms with E-state index in [1.54, 1.807) is 19.2 Å². The van der Waals surface area contributed by atoms with Crippen molar-refractivity contribution >= 4 is 35.8 Å². The van der Waals surface area contributed by atoms with E-state index in [4.69, 9.17) is 0 Å². The van der Waals surface area contributed by atoms with Crippen molar-refractivity contribution in [3.8, 4) is 0 Å². The molecule has 0 unspecified atom stereocenters. The van der Waals surface area contributed by atoms with Crippen molar-refractivity contribution in [3.63, 3.8) is 0 Å². The van der Waals surface area contributed by atoms with Crippen LogP contribution in [0.3, 0.4) is 0 Å². The summed E-state index contributed by atoms with van der Waals surface area (Å²) in [5.74, 6) is 1.61. The van der Waals surface area contributed by atoms with Crippen LogP contribution in [0, 0.1) is 0 Å². The second kappa shape index (κ2) is 14.1. The molecule has 1 aromatic carbocycles. The standard InChI is InChI=1S/C22H30F3N5O.HI/c1-4-30(5-2)20-11-10-19(13-27-20)14-29-21(26-3)28-12-17-6-8-18(9-7-17)15-31-16-22(23,24)25;/h6-11,13H,4-5,12,14-16H2,1-3H3,(H2,26,28,29);1H. The van der Waals surface area contributed by atoms with Crippen LogP contribution in [0.2, 0.25) is 0 Å². The van der Waals surface area contributed by atoms with Gasteiger partial charge >= 0.3 is 6.18 Å². The van der Waals surface area contributed by atoms with Gasteiger partial charge in [-0.25, -0.2) is 4.98 Å². The normalized spacial score (nSPS) is 11.6. The summed E-state index contributed by atoms with van der Waals surface area (Å²) in [6, 6.07) is 11.3. The minimum atomic E-state index is -4.31. The molecule has 0 aliphatic carbocycles. The fraction of sp³-hybridized carbons (Fsp3) is 0.455. The third-order valence-electron chi connectivity index (χ3n) is 4.60. The third kappa shape index (κ3) is 10.0. The van der Waals surface area contributed by atoms with Gasteiger partial charge in [0.25, 0.3) is 0 Å². The number of nitrogens with one attached hydrogen (secondary N) is 2. The van der Waals surface area contributed by atoms with Crippen LogP contribution in [-0.4, -0.2) is 43.9 Å². The van der Waals surface area contributed by atoms with Gasteiger partial charge in [0, 0.05) is 39.4 Å². The molecular weight excluding hydrogens is 534 g/mol. The molecule has 0 bridgehead atoms. The number of halogens is 4. The molecule has 0 fully saturated rings. The Morgan fingerprint density at radius 1 is 0.969 bits per heavy atom. The first-order valence-electron chi connectivity index (χ1n) is 10.2. The van der Waals surface area contributed by atoms with Crippen LogP contribution in [0.4, 0.5) is 19.0 Å². The van der Waals surface area contributed by atoms with E-state index in [0.717, 1.165) is 30.0 Å². The van der Waals surface area contributed by atoms with Gasteiger partial charge in [0.2, 0.25) is 0 Å². The number of ether oxygens (including phenoxy) is 1. The van der Waals surface area contributed by atoms with E-state index in [2.05, 4.69) is 44.1 Å². The van der Waals surface area contributed by atoms with Gasteiger partial charge in [-0.05, 0) is 36.6 Å². The highest BCUT2D eigenvalue weighted by molar-refractivity contribution is 14.0. The topological polar surface area (TPSA) is 61.8 Å². The second-order valence-corrected chi connectivity index (χ2v) is 6.90. The summed E-state index contributed by atoms with van der Waals surface area (Å²) >= 11 is 0. The summed E-state index contributed by atoms with van der Waals surface area (Å²) in [6.45, 7) is 5.84. The van der Waals surface area contributed by atoms with Crippen LogP contribution < -0.4 is 15.5 Å². The largest absolute Gasteiger partial charge is 0.411 e. The predicted octanol–water partition coefficient (Wildman–Crippen LogP) is 4.49. The van der Waals surface area contributed by atoms with Crippen LogP contribution in [0.5, 0.6) is 0 Å². The van der Waals surface area contributed by atoms with E-state index in [0.29, 0.717) is 24.6 Å². The van der Waals surface area contributed by atoms with Gasteiger partial charge < -0.3 is 20.3 Å². The lowest BCUT2D eigenvalue weighted by atomic mass is 10.1. The number of pyridine rings is 1. The molecule has 10 heteroatoms. The molecule has 0 radical (unpaired) electrons. The van der Waals surface area contributed by atoms with Crippen molar-refractivity contribution in [3.05, 3.63) is 59.3 Å². The number of nitrogens with zero attached hydrogens (tertiary/aromatic N) is 3. The summed E-state index contributed by atoms with van der Waals surface area (Å²) in [4.78, 5) is 10.9. The molecule has 1 heterocycles. The predicted molar refractivity (Wildman–Crippen MR) is 132 cm³/mol. The first kappa shape index (κ1) is 28.0. The maximum atomic E-state index is 12.1. The Balaban J connectivity index is 0.00000512. The molecule has 2 N–H and O–H groups in total. The number of hydrogen-bond donors (Lipinski definition) is 2. The number of aliphatic imine (C=N–C) groups is 1. The highest BCUT2D eigenvalue weighted by Crippen LogP contribution is 2.16. The zero-order valence-electron chi connectivity index (χ0n) is 18.6. The molecule has 0 aliphatic rings. The summed E-state index contributed by atoms with van der Waals surface area (Å²) in [6.07, 6.45) is -2.45. The van der Waals surface area contributed by atoms with Crippen LogP contribution in [0.1, 0.15) is 30.5 Å². The highest BCUT2D eigenvalue weighted by Gasteiger charge is 2.27. The number of aromatic nitrogens is 1. The molecule has 2 rings (SSSR count). The summed E-state index contributed by atoms with van der Waals surface area (Å²) in [5, 5.41) is 6.46. The van der Waals surface area contributed by atoms with E-state index < -0.39 is 12.8 Å². The lowest BCUT2D eigenvalue weighted by Gasteiger charge is -2.19. The Hall–Kier alpha value is -2.08. The molecule has 2 aromatic rings. The summed E-state index contributed by atoms with van der Waals surface area (Å²) < 4.78 is 41.0. The summed E-state index contributed by atoms with van der Waals surface area (Å²) in [5.41, 5.74) is 2.71. The lowest BCUT2D eigenvalue weighted by molar-refractivity contribution is -0.176. The number of anilines is 1. The van der Waals surface area contributed by atoms with Crippen molar-refractivity contribution in [2.24, 2.45) is 4.99 Å². The smallest absolute Gasteiger partial charge is 0.367 e. The Morgan fingerprint density at radius 3 is 2.03 bits per heavy atom. The van der Waals surface area contributed by atoms with Crippen molar-refractivity contribution in [2.45, 2.75) is 39.7 Å². The van der Waals surface area contributed by atoms with E-state index in [-0.39, 0.29) is 30.6 Å². The maximum Gasteiger partial charge on any atom is 0.411 e. The molecule has 6 nitrogen and oxygen atoms in total. The molecule has 0 aliphatic heterocycles. The fourth-order valence-electron chi connectivity index (χ4n) is 2.89. The second-order valence-electron chi connectivity index (χ2n) is 6.90. The van der Waals surface area contributed by atoms with Crippen molar-refractivity contribution in [1.29, 1.82) is 0 Å². The third-order valence-corrected chi connectivity index (χ3v) is 4.60. The maximum absolute atomic E-state index is 12.1. The quantitative estimate of drug-likeness (QED) is 0.253. The Morgan fingerprint density at radius 2 is 1.53 bits per heavy atom. The average molecular weight is 565 g/mol. The number of rotatable bonds is 10. The van der Waals surface area contributed by atoms with E-state index >= 15 is 0 Å². The van der Waals surface area contributed by atoms with Crippen LogP contribution >= 0.6 is 24.0 Å². The highest BCUT2D eigenvalue weighted by atomic mass is 127. The van der Waals surface area contributed by atoms with Gasteiger partial charge in [-0.15, -0.1) is 24.0 Å². The number of alkyl halides is 3. The van der Waals surface area contributed by atoms with E-state index in [9.17, 15) is 13.2 Å². The Labute approximate surface area is 204 Å². The molecule has 178 valence electrons. The first-order chi connectivity index (χ1) is 14.8. The number of guanidine groups is 1. The Kier molecular flexibility index (Phi) is 12.4. The van der Waals surface area contributed by atoms with Crippen LogP contribution in [-0.2, 0) is 24.4 Å². The zero-order chi connectivity index (χ0) is 22.7. The molecule has 0 atom stereocenters. The zero-order valence-corrected chi connectivity index (χ0v) is 20.9.